The Hall–Kier alpha value is -4.02. The molecule has 0 bridgehead atoms. The fourth-order valence-corrected chi connectivity index (χ4v) is 12.3. The standard InChI is InChI=1S/C26H41N4O20P.C20H32N5O16P.C12H15NO7.4Na/c1-44-5-6-45-7-8-46-25(41)28-10-16(34)29-17-13(32)9-26(23(38)39,49-21(17)18(35)14(33)11-31)50-51(42,43)47-12-15-19(36)20(37)22(48-15)30-4-2-3-27-24(30)40;21-4-11(29)24-12-7(27)3-20(18(33)34,40-16(12)13(30)8(28)5-26)41-42(36,37)38-6-9-14(31)15(32)17(39-9)25-2-1-10(22)23-19(25)35;1-17-6-7-18-8-9-19-12(14)20-11-4-2-10(3-5-11)13(15)16;;;;/h2-4,13-15,17-22,31-33,35-37H,5-12H2,1H3,(H,28,41)(H,29,34)(H,38,39)(H,42,43);1-2,7-9,12-17,26-28,30-32H,3-6,21H2,(H,24,29)(H,33,34)(H,36,37)(H2,22,23,35);2-5H,6-9H2,1H3;;;;/q;;;4*+1/p-4/t13-,14-,15?,17-,18-,19-,20-,21?,22-,26-;7-,8-,9?,12-,13-,14-,15-,16?,17-,20-;;;;;/m11...../s1. The zero-order chi connectivity index (χ0) is 84.3. The van der Waals surface area contributed by atoms with Crippen molar-refractivity contribution in [2.24, 2.45) is 5.73 Å². The third kappa shape index (κ3) is 33.5. The second kappa shape index (κ2) is 53.2. The Labute approximate surface area is 748 Å². The maximum Gasteiger partial charge on any atom is 1.00 e. The summed E-state index contributed by atoms with van der Waals surface area (Å²) in [4.78, 5) is 138. The van der Waals surface area contributed by atoms with Crippen LogP contribution >= 0.6 is 15.6 Å². The number of hydrogen-bond acceptors (Lipinski definition) is 47. The number of nitrogen functional groups attached to an aromatic ring is 1. The van der Waals surface area contributed by atoms with E-state index in [0.717, 1.165) is 21.5 Å². The van der Waals surface area contributed by atoms with Gasteiger partial charge in [-0.05, 0) is 24.3 Å². The number of nitro benzene ring substituents is 1. The molecule has 0 spiro atoms. The molecular formula is C58H84N10Na4O43P2. The molecule has 4 aliphatic rings. The monoisotopic (exact) mass is 1760 g/mol. The van der Waals surface area contributed by atoms with E-state index in [9.17, 15) is 139 Å². The van der Waals surface area contributed by atoms with Crippen molar-refractivity contribution in [3.05, 3.63) is 86.1 Å². The van der Waals surface area contributed by atoms with E-state index in [2.05, 4.69) is 44.0 Å². The van der Waals surface area contributed by atoms with E-state index >= 15 is 0 Å². The van der Waals surface area contributed by atoms with Crippen molar-refractivity contribution in [2.45, 2.75) is 134 Å². The number of carbonyl (C=O) groups is 6. The number of alkyl carbamates (subject to hydrolysis) is 1. The number of anilines is 1. The number of methoxy groups -OCH3 is 2. The van der Waals surface area contributed by atoms with Crippen LogP contribution in [0.4, 0.5) is 21.1 Å². The molecule has 3 aromatic rings. The van der Waals surface area contributed by atoms with Crippen LogP contribution in [0.3, 0.4) is 0 Å². The number of ether oxygens (including phenoxy) is 11. The smallest absolute Gasteiger partial charge is 0.756 e. The Morgan fingerprint density at radius 1 is 0.650 bits per heavy atom. The normalized spacial score (nSPS) is 27.2. The number of carboxylic acids is 2. The number of aliphatic hydroxyl groups excluding tert-OH is 12. The van der Waals surface area contributed by atoms with Crippen LogP contribution in [0, 0.1) is 10.1 Å². The van der Waals surface area contributed by atoms with Crippen LogP contribution in [0.25, 0.3) is 0 Å². The van der Waals surface area contributed by atoms with Crippen molar-refractivity contribution < 1.29 is 313 Å². The SMILES string of the molecule is COCCOCCOC(=O)NCC(=O)N[C@H]1C([C@H](O)[C@H](O)CO)O[C@](OP(=O)([O-])OCC2O[C@@H](n3cccnc3=O)[C@H](O)[C@@H]2O)(C(=O)[O-])C[C@H]1O.COCCOCCOC(=O)Oc1ccc([N+](=O)[O-])cc1.NCC(=O)N[C@H]1C([C@H](O)[C@H](O)CO)O[C@](OP(=O)([O-])OCC2O[C@@H](n3ccc(N)nc3=O)[C@H](O)[C@@H]2O)(C(=O)[O-])C[C@H]1O.[Na+].[Na+].[Na+].[Na+]. The average Bonchev–Trinajstić information content (AvgIpc) is 1.24. The third-order valence-electron chi connectivity index (χ3n) is 16.0. The fraction of sp³-hybridized carbons (Fsp3) is 0.655. The van der Waals surface area contributed by atoms with Crippen molar-refractivity contribution in [1.29, 1.82) is 0 Å². The summed E-state index contributed by atoms with van der Waals surface area (Å²) in [6.45, 7) is -4.40. The summed E-state index contributed by atoms with van der Waals surface area (Å²) < 4.78 is 101. The molecule has 7 rings (SSSR count). The molecule has 0 saturated carbocycles. The van der Waals surface area contributed by atoms with Crippen LogP contribution in [0.1, 0.15) is 25.3 Å². The minimum Gasteiger partial charge on any atom is -0.756 e. The molecule has 4 aliphatic heterocycles. The minimum absolute atomic E-state index is 0. The first-order valence-corrected chi connectivity index (χ1v) is 35.9. The number of nitrogens with zero attached hydrogens (tertiary/aromatic N) is 5. The summed E-state index contributed by atoms with van der Waals surface area (Å²) in [5.41, 5.74) is 8.66. The number of aliphatic hydroxyl groups is 12. The number of phosphoric ester groups is 2. The fourth-order valence-electron chi connectivity index (χ4n) is 10.4. The number of carboxylic acid groups (broad SMARTS) is 2. The van der Waals surface area contributed by atoms with Crippen molar-refractivity contribution >= 4 is 63.2 Å². The summed E-state index contributed by atoms with van der Waals surface area (Å²) in [5.74, 6) is -13.7. The van der Waals surface area contributed by atoms with Crippen molar-refractivity contribution in [3.8, 4) is 5.75 Å². The second-order valence-electron chi connectivity index (χ2n) is 23.9. The first-order valence-electron chi connectivity index (χ1n) is 33.0. The molecule has 638 valence electrons. The quantitative estimate of drug-likeness (QED) is 0.00480. The Morgan fingerprint density at radius 2 is 1.09 bits per heavy atom. The number of nitro groups is 1. The first-order chi connectivity index (χ1) is 53.2. The number of amides is 3. The van der Waals surface area contributed by atoms with E-state index in [1.807, 2.05) is 0 Å². The Morgan fingerprint density at radius 3 is 1.50 bits per heavy atom. The largest absolute Gasteiger partial charge is 1.00 e. The molecule has 6 heterocycles. The van der Waals surface area contributed by atoms with E-state index in [0.29, 0.717) is 19.8 Å². The Bertz CT molecular complexity index is 3830. The molecule has 0 radical (unpaired) electrons. The maximum atomic E-state index is 12.9. The van der Waals surface area contributed by atoms with Gasteiger partial charge in [0.1, 0.15) is 117 Å². The molecule has 19 N–H and O–H groups in total. The predicted octanol–water partition coefficient (Wildman–Crippen LogP) is -26.0. The number of carbonyl (C=O) groups excluding carboxylic acids is 6. The van der Waals surface area contributed by atoms with Gasteiger partial charge in [0.05, 0.1) is 102 Å². The number of nitrogens with one attached hydrogen (secondary N) is 3. The molecule has 6 unspecified atom stereocenters. The Balaban J connectivity index is 0.000000934. The summed E-state index contributed by atoms with van der Waals surface area (Å²) in [6.07, 6.45) is -32.0. The average molecular weight is 1760 g/mol. The molecule has 3 amide bonds. The zero-order valence-corrected chi connectivity index (χ0v) is 73.0. The molecule has 117 heavy (non-hydrogen) atoms. The van der Waals surface area contributed by atoms with Gasteiger partial charge in [0, 0.05) is 57.8 Å². The zero-order valence-electron chi connectivity index (χ0n) is 63.2. The van der Waals surface area contributed by atoms with Gasteiger partial charge in [-0.25, -0.2) is 24.2 Å². The maximum absolute atomic E-state index is 12.9. The molecule has 0 aliphatic carbocycles. The summed E-state index contributed by atoms with van der Waals surface area (Å²) in [7, 11) is -8.71. The predicted molar refractivity (Wildman–Crippen MR) is 350 cm³/mol. The number of non-ortho nitro benzene ring substituents is 1. The second-order valence-corrected chi connectivity index (χ2v) is 26.6. The van der Waals surface area contributed by atoms with E-state index in [4.69, 9.17) is 63.6 Å². The van der Waals surface area contributed by atoms with Crippen LogP contribution in [-0.2, 0) is 93.8 Å². The number of nitrogens with two attached hydrogens (primary N) is 2. The molecular weight excluding hydrogens is 1680 g/mol. The summed E-state index contributed by atoms with van der Waals surface area (Å²) in [6, 6.07) is 4.06. The molecule has 4 fully saturated rings. The third-order valence-corrected chi connectivity index (χ3v) is 18.0. The first kappa shape index (κ1) is 111. The van der Waals surface area contributed by atoms with Gasteiger partial charge in [-0.3, -0.25) is 47.0 Å². The molecule has 22 atom stereocenters. The van der Waals surface area contributed by atoms with Gasteiger partial charge in [-0.1, -0.05) is 0 Å². The van der Waals surface area contributed by atoms with Gasteiger partial charge in [0.25, 0.3) is 21.3 Å². The van der Waals surface area contributed by atoms with Gasteiger partial charge in [-0.15, -0.1) is 0 Å². The molecule has 1 aromatic carbocycles. The molecule has 4 saturated heterocycles. The summed E-state index contributed by atoms with van der Waals surface area (Å²) in [5, 5.41) is 163. The number of phosphoric acid groups is 2. The van der Waals surface area contributed by atoms with Crippen LogP contribution < -0.4 is 182 Å². The van der Waals surface area contributed by atoms with Crippen molar-refractivity contribution in [1.82, 2.24) is 35.1 Å². The van der Waals surface area contributed by atoms with Crippen LogP contribution in [-0.4, -0.2) is 337 Å². The topological polar surface area (TPSA) is 811 Å². The van der Waals surface area contributed by atoms with Gasteiger partial charge >= 0.3 is 142 Å². The van der Waals surface area contributed by atoms with Gasteiger partial charge in [0.2, 0.25) is 23.4 Å². The van der Waals surface area contributed by atoms with E-state index in [-0.39, 0.29) is 169 Å². The number of benzene rings is 1. The van der Waals surface area contributed by atoms with E-state index in [1.165, 1.54) is 49.7 Å². The number of aromatic nitrogens is 4. The van der Waals surface area contributed by atoms with E-state index in [1.54, 1.807) is 7.11 Å². The summed E-state index contributed by atoms with van der Waals surface area (Å²) >= 11 is 0. The molecule has 2 aromatic heterocycles. The van der Waals surface area contributed by atoms with Crippen molar-refractivity contribution in [2.75, 3.05) is 112 Å². The van der Waals surface area contributed by atoms with Crippen LogP contribution in [0.15, 0.2) is 64.6 Å². The van der Waals surface area contributed by atoms with E-state index < -0.39 is 242 Å². The Kier molecular flexibility index (Phi) is 50.5. The molecule has 53 nitrogen and oxygen atoms in total. The number of aliphatic carboxylic acids is 2. The molecule has 59 heteroatoms. The van der Waals surface area contributed by atoms with Crippen LogP contribution in [0.2, 0.25) is 0 Å². The van der Waals surface area contributed by atoms with Gasteiger partial charge < -0.3 is 179 Å². The van der Waals surface area contributed by atoms with Gasteiger partial charge in [-0.2, -0.15) is 4.98 Å². The van der Waals surface area contributed by atoms with Gasteiger partial charge in [0.15, 0.2) is 12.5 Å². The van der Waals surface area contributed by atoms with Crippen molar-refractivity contribution in [3.63, 3.8) is 0 Å². The van der Waals surface area contributed by atoms with Crippen LogP contribution in [0.5, 0.6) is 5.75 Å². The number of hydrogen-bond donors (Lipinski definition) is 17. The minimum atomic E-state index is -5.90. The number of rotatable bonds is 39.